The van der Waals surface area contributed by atoms with Crippen molar-refractivity contribution in [1.82, 2.24) is 20.2 Å². The van der Waals surface area contributed by atoms with Crippen molar-refractivity contribution in [2.75, 3.05) is 5.32 Å². The van der Waals surface area contributed by atoms with Gasteiger partial charge in [0, 0.05) is 12.1 Å². The zero-order valence-corrected chi connectivity index (χ0v) is 14.7. The topological polar surface area (TPSA) is 92.9 Å². The molecule has 1 heterocycles. The van der Waals surface area contributed by atoms with Crippen LogP contribution in [-0.2, 0) is 11.8 Å². The summed E-state index contributed by atoms with van der Waals surface area (Å²) in [5, 5.41) is 24.2. The van der Waals surface area contributed by atoms with Gasteiger partial charge in [-0.3, -0.25) is 4.79 Å². The number of nitrogens with one attached hydrogen (secondary N) is 1. The molecule has 0 bridgehead atoms. The molecule has 1 atom stereocenters. The smallest absolute Gasteiger partial charge is 0.242 e. The molecule has 0 aliphatic rings. The molecule has 0 aliphatic heterocycles. The summed E-state index contributed by atoms with van der Waals surface area (Å²) < 4.78 is 1.49. The predicted octanol–water partition coefficient (Wildman–Crippen LogP) is 3.04. The molecule has 0 radical (unpaired) electrons. The number of nitrogens with zero attached hydrogens (tertiary/aromatic N) is 4. The maximum atomic E-state index is 12.9. The maximum absolute atomic E-state index is 12.9. The number of aromatic hydroxyl groups is 1. The third kappa shape index (κ3) is 4.09. The third-order valence-electron chi connectivity index (χ3n) is 3.36. The van der Waals surface area contributed by atoms with E-state index in [0.717, 1.165) is 5.56 Å². The second-order valence-electron chi connectivity index (χ2n) is 5.14. The number of thioether (sulfide) groups is 1. The molecule has 0 spiro atoms. The summed E-state index contributed by atoms with van der Waals surface area (Å²) in [6.07, 6.45) is 0. The van der Waals surface area contributed by atoms with E-state index in [1.54, 1.807) is 13.1 Å². The molecule has 7 nitrogen and oxygen atoms in total. The molecule has 1 amide bonds. The number of hydrogen-bond donors (Lipinski definition) is 2. The Hall–Kier alpha value is -2.58. The van der Waals surface area contributed by atoms with Gasteiger partial charge in [-0.25, -0.2) is 4.68 Å². The fourth-order valence-corrected chi connectivity index (χ4v) is 3.25. The number of carbonyl (C=O) groups is 1. The highest BCUT2D eigenvalue weighted by Gasteiger charge is 2.25. The summed E-state index contributed by atoms with van der Waals surface area (Å²) >= 11 is 7.15. The van der Waals surface area contributed by atoms with Gasteiger partial charge in [0.25, 0.3) is 0 Å². The van der Waals surface area contributed by atoms with Crippen LogP contribution in [0.5, 0.6) is 5.75 Å². The van der Waals surface area contributed by atoms with Crippen molar-refractivity contribution >= 4 is 35.0 Å². The number of aromatic nitrogens is 4. The standard InChI is InChI=1S/C16H14ClN5O2S/c1-22-16(19-20-21-22)25-14(10-5-3-2-4-6-10)15(24)18-12-9-11(17)7-8-13(12)23/h2-9,14,23H,1H3,(H,18,24)/t14-/m1/s1. The number of anilines is 1. The molecule has 0 saturated heterocycles. The van der Waals surface area contributed by atoms with Crippen molar-refractivity contribution in [1.29, 1.82) is 0 Å². The second-order valence-corrected chi connectivity index (χ2v) is 6.65. The molecular formula is C16H14ClN5O2S. The normalized spacial score (nSPS) is 11.9. The number of benzene rings is 2. The van der Waals surface area contributed by atoms with E-state index in [9.17, 15) is 9.90 Å². The van der Waals surface area contributed by atoms with E-state index in [2.05, 4.69) is 20.8 Å². The fraction of sp³-hybridized carbons (Fsp3) is 0.125. The molecule has 128 valence electrons. The molecule has 9 heteroatoms. The highest BCUT2D eigenvalue weighted by Crippen LogP contribution is 2.36. The van der Waals surface area contributed by atoms with E-state index < -0.39 is 5.25 Å². The first-order valence-corrected chi connectivity index (χ1v) is 8.53. The second kappa shape index (κ2) is 7.54. The summed E-state index contributed by atoms with van der Waals surface area (Å²) in [6, 6.07) is 13.7. The Balaban J connectivity index is 1.89. The van der Waals surface area contributed by atoms with Crippen LogP contribution in [0.15, 0.2) is 53.7 Å². The average molecular weight is 376 g/mol. The summed E-state index contributed by atoms with van der Waals surface area (Å²) in [6.45, 7) is 0. The summed E-state index contributed by atoms with van der Waals surface area (Å²) in [5.74, 6) is -0.383. The van der Waals surface area contributed by atoms with Gasteiger partial charge in [0.15, 0.2) is 0 Å². The minimum Gasteiger partial charge on any atom is -0.506 e. The molecule has 0 saturated carbocycles. The van der Waals surface area contributed by atoms with E-state index in [-0.39, 0.29) is 17.3 Å². The quantitative estimate of drug-likeness (QED) is 0.526. The monoisotopic (exact) mass is 375 g/mol. The van der Waals surface area contributed by atoms with Crippen molar-refractivity contribution in [3.05, 3.63) is 59.1 Å². The highest BCUT2D eigenvalue weighted by molar-refractivity contribution is 8.00. The Morgan fingerprint density at radius 3 is 2.72 bits per heavy atom. The molecule has 0 fully saturated rings. The summed E-state index contributed by atoms with van der Waals surface area (Å²) in [5.41, 5.74) is 1.03. The van der Waals surface area contributed by atoms with Gasteiger partial charge in [-0.15, -0.1) is 5.10 Å². The van der Waals surface area contributed by atoms with E-state index in [1.165, 1.54) is 28.6 Å². The molecule has 2 aromatic carbocycles. The number of hydrogen-bond acceptors (Lipinski definition) is 6. The first kappa shape index (κ1) is 17.2. The largest absolute Gasteiger partial charge is 0.506 e. The first-order chi connectivity index (χ1) is 12.0. The van der Waals surface area contributed by atoms with Crippen molar-refractivity contribution in [3.63, 3.8) is 0 Å². The highest BCUT2D eigenvalue weighted by atomic mass is 35.5. The Kier molecular flexibility index (Phi) is 5.20. The molecule has 1 aromatic heterocycles. The van der Waals surface area contributed by atoms with Gasteiger partial charge in [0.2, 0.25) is 11.1 Å². The fourth-order valence-electron chi connectivity index (χ4n) is 2.13. The van der Waals surface area contributed by atoms with Gasteiger partial charge >= 0.3 is 0 Å². The number of phenols is 1. The van der Waals surface area contributed by atoms with Crippen molar-refractivity contribution in [2.24, 2.45) is 7.05 Å². The van der Waals surface area contributed by atoms with Crippen LogP contribution < -0.4 is 5.32 Å². The number of halogens is 1. The number of carbonyl (C=O) groups excluding carboxylic acids is 1. The molecule has 25 heavy (non-hydrogen) atoms. The lowest BCUT2D eigenvalue weighted by atomic mass is 10.1. The average Bonchev–Trinajstić information content (AvgIpc) is 3.01. The molecular weight excluding hydrogens is 362 g/mol. The van der Waals surface area contributed by atoms with E-state index in [4.69, 9.17) is 11.6 Å². The van der Waals surface area contributed by atoms with Crippen LogP contribution in [0.1, 0.15) is 10.8 Å². The number of amides is 1. The van der Waals surface area contributed by atoms with Crippen LogP contribution in [0.2, 0.25) is 5.02 Å². The van der Waals surface area contributed by atoms with Crippen molar-refractivity contribution < 1.29 is 9.90 Å². The number of aryl methyl sites for hydroxylation is 1. The Labute approximate surface area is 153 Å². The molecule has 0 unspecified atom stereocenters. The van der Waals surface area contributed by atoms with Crippen LogP contribution >= 0.6 is 23.4 Å². The zero-order chi connectivity index (χ0) is 17.8. The maximum Gasteiger partial charge on any atom is 0.242 e. The van der Waals surface area contributed by atoms with Gasteiger partial charge in [0.05, 0.1) is 5.69 Å². The Morgan fingerprint density at radius 2 is 2.04 bits per heavy atom. The Morgan fingerprint density at radius 1 is 1.28 bits per heavy atom. The first-order valence-electron chi connectivity index (χ1n) is 7.28. The van der Waals surface area contributed by atoms with Gasteiger partial charge in [0.1, 0.15) is 11.0 Å². The van der Waals surface area contributed by atoms with Gasteiger partial charge in [-0.05, 0) is 34.2 Å². The van der Waals surface area contributed by atoms with Gasteiger partial charge in [-0.2, -0.15) is 0 Å². The lowest BCUT2D eigenvalue weighted by molar-refractivity contribution is -0.115. The van der Waals surface area contributed by atoms with Crippen LogP contribution in [0.3, 0.4) is 0 Å². The van der Waals surface area contributed by atoms with Crippen LogP contribution in [0.4, 0.5) is 5.69 Å². The SMILES string of the molecule is Cn1nnnc1S[C@@H](C(=O)Nc1cc(Cl)ccc1O)c1ccccc1. The lowest BCUT2D eigenvalue weighted by Crippen LogP contribution is -2.19. The lowest BCUT2D eigenvalue weighted by Gasteiger charge is -2.16. The van der Waals surface area contributed by atoms with Crippen LogP contribution in [0.25, 0.3) is 0 Å². The zero-order valence-electron chi connectivity index (χ0n) is 13.1. The van der Waals surface area contributed by atoms with Crippen LogP contribution in [0, 0.1) is 0 Å². The number of rotatable bonds is 5. The van der Waals surface area contributed by atoms with E-state index in [0.29, 0.717) is 10.2 Å². The molecule has 3 rings (SSSR count). The molecule has 3 aromatic rings. The summed E-state index contributed by atoms with van der Waals surface area (Å²) in [4.78, 5) is 12.9. The van der Waals surface area contributed by atoms with Gasteiger partial charge < -0.3 is 10.4 Å². The van der Waals surface area contributed by atoms with E-state index in [1.807, 2.05) is 30.3 Å². The summed E-state index contributed by atoms with van der Waals surface area (Å²) in [7, 11) is 1.70. The Bertz CT molecular complexity index is 887. The predicted molar refractivity (Wildman–Crippen MR) is 95.6 cm³/mol. The van der Waals surface area contributed by atoms with Crippen molar-refractivity contribution in [2.45, 2.75) is 10.4 Å². The van der Waals surface area contributed by atoms with E-state index >= 15 is 0 Å². The van der Waals surface area contributed by atoms with Gasteiger partial charge in [-0.1, -0.05) is 53.7 Å². The third-order valence-corrected chi connectivity index (χ3v) is 4.88. The van der Waals surface area contributed by atoms with Crippen LogP contribution in [-0.4, -0.2) is 31.2 Å². The minimum atomic E-state index is -0.607. The minimum absolute atomic E-state index is 0.0603. The number of phenolic OH excluding ortho intramolecular Hbond substituents is 1. The molecule has 0 aliphatic carbocycles. The van der Waals surface area contributed by atoms with Crippen molar-refractivity contribution in [3.8, 4) is 5.75 Å². The molecule has 2 N–H and O–H groups in total. The number of tetrazole rings is 1.